The molecule has 2 rings (SSSR count). The van der Waals surface area contributed by atoms with Gasteiger partial charge in [-0.3, -0.25) is 0 Å². The molecule has 0 amide bonds. The van der Waals surface area contributed by atoms with E-state index in [9.17, 15) is 0 Å². The van der Waals surface area contributed by atoms with Gasteiger partial charge in [-0.15, -0.1) is 11.3 Å². The minimum Gasteiger partial charge on any atom is -0.310 e. The predicted octanol–water partition coefficient (Wildman–Crippen LogP) is 4.22. The topological polar surface area (TPSA) is 12.0 Å². The van der Waals surface area contributed by atoms with E-state index in [2.05, 4.69) is 54.2 Å². The third kappa shape index (κ3) is 2.36. The average molecular weight is 302 g/mol. The minimum absolute atomic E-state index is 0.289. The molecule has 1 atom stereocenters. The molecule has 0 aromatic carbocycles. The van der Waals surface area contributed by atoms with Crippen molar-refractivity contribution in [2.24, 2.45) is 5.41 Å². The molecule has 1 aromatic rings. The Bertz CT molecular complexity index is 358. The predicted molar refractivity (Wildman–Crippen MR) is 75.1 cm³/mol. The van der Waals surface area contributed by atoms with E-state index in [0.29, 0.717) is 5.41 Å². The largest absolute Gasteiger partial charge is 0.310 e. The summed E-state index contributed by atoms with van der Waals surface area (Å²) in [5, 5.41) is 3.76. The van der Waals surface area contributed by atoms with Gasteiger partial charge in [0, 0.05) is 16.8 Å². The van der Waals surface area contributed by atoms with Gasteiger partial charge >= 0.3 is 0 Å². The van der Waals surface area contributed by atoms with Gasteiger partial charge in [0.05, 0.1) is 3.79 Å². The second kappa shape index (κ2) is 4.43. The molecule has 0 saturated carbocycles. The smallest absolute Gasteiger partial charge is 0.0701 e. The first-order valence-electron chi connectivity index (χ1n) is 5.92. The maximum Gasteiger partial charge on any atom is 0.0701 e. The third-order valence-electron chi connectivity index (χ3n) is 3.78. The quantitative estimate of drug-likeness (QED) is 0.862. The van der Waals surface area contributed by atoms with E-state index in [4.69, 9.17) is 0 Å². The molecule has 2 heterocycles. The maximum atomic E-state index is 3.76. The van der Waals surface area contributed by atoms with Gasteiger partial charge in [0.1, 0.15) is 0 Å². The van der Waals surface area contributed by atoms with Gasteiger partial charge in [0.2, 0.25) is 0 Å². The zero-order chi connectivity index (χ0) is 11.8. The van der Waals surface area contributed by atoms with Crippen molar-refractivity contribution >= 4 is 27.3 Å². The first kappa shape index (κ1) is 12.6. The van der Waals surface area contributed by atoms with Crippen molar-refractivity contribution in [2.75, 3.05) is 6.54 Å². The molecule has 0 aliphatic carbocycles. The van der Waals surface area contributed by atoms with Gasteiger partial charge in [0.15, 0.2) is 0 Å². The number of nitrogens with one attached hydrogen (secondary N) is 1. The van der Waals surface area contributed by atoms with E-state index in [1.165, 1.54) is 28.0 Å². The Morgan fingerprint density at radius 3 is 2.62 bits per heavy atom. The summed E-state index contributed by atoms with van der Waals surface area (Å²) in [6.45, 7) is 8.24. The number of hydrogen-bond acceptors (Lipinski definition) is 2. The molecule has 1 N–H and O–H groups in total. The monoisotopic (exact) mass is 301 g/mol. The van der Waals surface area contributed by atoms with Crippen LogP contribution in [0.15, 0.2) is 15.9 Å². The van der Waals surface area contributed by atoms with Crippen molar-refractivity contribution < 1.29 is 0 Å². The number of rotatable bonds is 2. The molecule has 3 heteroatoms. The van der Waals surface area contributed by atoms with Crippen LogP contribution in [-0.2, 0) is 6.42 Å². The molecule has 1 aliphatic heterocycles. The molecule has 1 aromatic heterocycles. The van der Waals surface area contributed by atoms with Crippen LogP contribution >= 0.6 is 27.3 Å². The zero-order valence-corrected chi connectivity index (χ0v) is 12.7. The van der Waals surface area contributed by atoms with Gasteiger partial charge in [-0.05, 0) is 52.9 Å². The highest BCUT2D eigenvalue weighted by molar-refractivity contribution is 9.11. The number of halogens is 1. The highest BCUT2D eigenvalue weighted by Crippen LogP contribution is 2.41. The lowest BCUT2D eigenvalue weighted by Gasteiger charge is -2.42. The normalized spacial score (nSPS) is 26.2. The summed E-state index contributed by atoms with van der Waals surface area (Å²) in [7, 11) is 0. The summed E-state index contributed by atoms with van der Waals surface area (Å²) in [4.78, 5) is 1.48. The van der Waals surface area contributed by atoms with Crippen LogP contribution in [0.5, 0.6) is 0 Å². The summed E-state index contributed by atoms with van der Waals surface area (Å²) in [6.07, 6.45) is 3.77. The van der Waals surface area contributed by atoms with Gasteiger partial charge in [0.25, 0.3) is 0 Å². The van der Waals surface area contributed by atoms with Crippen LogP contribution in [0.2, 0.25) is 0 Å². The van der Waals surface area contributed by atoms with E-state index in [0.717, 1.165) is 6.42 Å². The summed E-state index contributed by atoms with van der Waals surface area (Å²) in [5.41, 5.74) is 0.608. The van der Waals surface area contributed by atoms with Crippen LogP contribution in [0.25, 0.3) is 0 Å². The average Bonchev–Trinajstić information content (AvgIpc) is 2.75. The Hall–Kier alpha value is 0.140. The SMILES string of the molecule is CC(C)(C)C1(Cc2ccc(Br)s2)CCCN1. The molecule has 1 fully saturated rings. The Labute approximate surface area is 111 Å². The molecule has 1 unspecified atom stereocenters. The fourth-order valence-electron chi connectivity index (χ4n) is 2.61. The number of thiophene rings is 1. The summed E-state index contributed by atoms with van der Waals surface area (Å²) >= 11 is 5.41. The molecule has 0 radical (unpaired) electrons. The van der Waals surface area contributed by atoms with Gasteiger partial charge in [-0.25, -0.2) is 0 Å². The highest BCUT2D eigenvalue weighted by atomic mass is 79.9. The van der Waals surface area contributed by atoms with Crippen molar-refractivity contribution in [1.82, 2.24) is 5.32 Å². The lowest BCUT2D eigenvalue weighted by molar-refractivity contribution is 0.160. The van der Waals surface area contributed by atoms with Gasteiger partial charge in [-0.1, -0.05) is 20.8 Å². The molecule has 0 bridgehead atoms. The van der Waals surface area contributed by atoms with Crippen LogP contribution in [0.1, 0.15) is 38.5 Å². The standard InChI is InChI=1S/C13H20BrNS/c1-12(2,3)13(7-4-8-15-13)9-10-5-6-11(14)16-10/h5-6,15H,4,7-9H2,1-3H3. The third-order valence-corrected chi connectivity index (χ3v) is 5.41. The van der Waals surface area contributed by atoms with Crippen LogP contribution in [0.3, 0.4) is 0 Å². The molecule has 16 heavy (non-hydrogen) atoms. The first-order chi connectivity index (χ1) is 7.43. The molecular formula is C13H20BrNS. The molecule has 1 aliphatic rings. The Morgan fingerprint density at radius 1 is 1.44 bits per heavy atom. The maximum absolute atomic E-state index is 3.76. The minimum atomic E-state index is 0.289. The second-order valence-corrected chi connectivity index (χ2v) is 8.29. The van der Waals surface area contributed by atoms with Crippen molar-refractivity contribution in [3.63, 3.8) is 0 Å². The van der Waals surface area contributed by atoms with Gasteiger partial charge in [-0.2, -0.15) is 0 Å². The van der Waals surface area contributed by atoms with Crippen molar-refractivity contribution in [1.29, 1.82) is 0 Å². The summed E-state index contributed by atoms with van der Waals surface area (Å²) in [5.74, 6) is 0. The van der Waals surface area contributed by atoms with E-state index in [1.807, 2.05) is 11.3 Å². The van der Waals surface area contributed by atoms with E-state index >= 15 is 0 Å². The highest BCUT2D eigenvalue weighted by Gasteiger charge is 2.43. The summed E-state index contributed by atoms with van der Waals surface area (Å²) in [6, 6.07) is 4.41. The Balaban J connectivity index is 2.21. The second-order valence-electron chi connectivity index (χ2n) is 5.75. The lowest BCUT2D eigenvalue weighted by atomic mass is 9.70. The van der Waals surface area contributed by atoms with E-state index in [-0.39, 0.29) is 5.54 Å². The molecule has 90 valence electrons. The van der Waals surface area contributed by atoms with Crippen molar-refractivity contribution in [3.8, 4) is 0 Å². The molecular weight excluding hydrogens is 282 g/mol. The summed E-state index contributed by atoms with van der Waals surface area (Å²) < 4.78 is 1.24. The van der Waals surface area contributed by atoms with Crippen LogP contribution in [-0.4, -0.2) is 12.1 Å². The fraction of sp³-hybridized carbons (Fsp3) is 0.692. The first-order valence-corrected chi connectivity index (χ1v) is 7.53. The molecule has 0 spiro atoms. The molecule has 1 saturated heterocycles. The van der Waals surface area contributed by atoms with Crippen molar-refractivity contribution in [3.05, 3.63) is 20.8 Å². The fourth-order valence-corrected chi connectivity index (χ4v) is 4.20. The zero-order valence-electron chi connectivity index (χ0n) is 10.3. The number of hydrogen-bond donors (Lipinski definition) is 1. The van der Waals surface area contributed by atoms with Crippen LogP contribution < -0.4 is 5.32 Å². The van der Waals surface area contributed by atoms with Crippen LogP contribution in [0.4, 0.5) is 0 Å². The molecule has 1 nitrogen and oxygen atoms in total. The van der Waals surface area contributed by atoms with E-state index < -0.39 is 0 Å². The lowest BCUT2D eigenvalue weighted by Crippen LogP contribution is -2.52. The van der Waals surface area contributed by atoms with Crippen LogP contribution in [0, 0.1) is 5.41 Å². The van der Waals surface area contributed by atoms with Gasteiger partial charge < -0.3 is 5.32 Å². The van der Waals surface area contributed by atoms with Crippen molar-refractivity contribution in [2.45, 2.75) is 45.6 Å². The Morgan fingerprint density at radius 2 is 2.19 bits per heavy atom. The Kier molecular flexibility index (Phi) is 3.49. The van der Waals surface area contributed by atoms with E-state index in [1.54, 1.807) is 0 Å².